The van der Waals surface area contributed by atoms with Crippen molar-refractivity contribution in [2.45, 2.75) is 6.61 Å². The zero-order valence-electron chi connectivity index (χ0n) is 8.79. The van der Waals surface area contributed by atoms with Crippen LogP contribution in [-0.4, -0.2) is 0 Å². The van der Waals surface area contributed by atoms with Gasteiger partial charge in [0.1, 0.15) is 24.0 Å². The summed E-state index contributed by atoms with van der Waals surface area (Å²) in [4.78, 5) is 0. The third kappa shape index (κ3) is 3.03. The summed E-state index contributed by atoms with van der Waals surface area (Å²) in [7, 11) is 0. The van der Waals surface area contributed by atoms with E-state index in [1.165, 1.54) is 12.1 Å². The smallest absolute Gasteiger partial charge is 0.141 e. The molecule has 0 aromatic heterocycles. The van der Waals surface area contributed by atoms with Gasteiger partial charge >= 0.3 is 0 Å². The van der Waals surface area contributed by atoms with E-state index in [0.29, 0.717) is 15.8 Å². The van der Waals surface area contributed by atoms with Crippen molar-refractivity contribution in [3.05, 3.63) is 64.1 Å². The Balaban J connectivity index is 2.08. The van der Waals surface area contributed by atoms with E-state index in [1.54, 1.807) is 30.3 Å². The molecule has 2 aromatic rings. The molecule has 0 saturated carbocycles. The number of hydrogen-bond acceptors (Lipinski definition) is 1. The Morgan fingerprint density at radius 2 is 1.76 bits per heavy atom. The molecular formula is C13H9BrF2O. The monoisotopic (exact) mass is 298 g/mol. The van der Waals surface area contributed by atoms with Crippen LogP contribution in [0.15, 0.2) is 46.9 Å². The van der Waals surface area contributed by atoms with Crippen molar-refractivity contribution < 1.29 is 13.5 Å². The van der Waals surface area contributed by atoms with Gasteiger partial charge in [-0.1, -0.05) is 18.2 Å². The topological polar surface area (TPSA) is 9.23 Å². The summed E-state index contributed by atoms with van der Waals surface area (Å²) in [6, 6.07) is 10.7. The first kappa shape index (κ1) is 12.0. The zero-order valence-corrected chi connectivity index (χ0v) is 10.4. The molecule has 0 N–H and O–H groups in total. The molecule has 0 fully saturated rings. The SMILES string of the molecule is Fc1cc(OCc2ccccc2F)ccc1Br. The first-order chi connectivity index (χ1) is 8.16. The summed E-state index contributed by atoms with van der Waals surface area (Å²) in [5.74, 6) is -0.366. The molecule has 0 atom stereocenters. The lowest BCUT2D eigenvalue weighted by Gasteiger charge is -2.07. The van der Waals surface area contributed by atoms with Gasteiger partial charge in [0.25, 0.3) is 0 Å². The highest BCUT2D eigenvalue weighted by Gasteiger charge is 2.04. The molecular weight excluding hydrogens is 290 g/mol. The fraction of sp³-hybridized carbons (Fsp3) is 0.0769. The molecule has 0 unspecified atom stereocenters. The lowest BCUT2D eigenvalue weighted by Crippen LogP contribution is -1.98. The van der Waals surface area contributed by atoms with Crippen molar-refractivity contribution in [3.8, 4) is 5.75 Å². The van der Waals surface area contributed by atoms with E-state index in [2.05, 4.69) is 15.9 Å². The molecule has 0 heterocycles. The minimum Gasteiger partial charge on any atom is -0.489 e. The van der Waals surface area contributed by atoms with Crippen molar-refractivity contribution in [2.75, 3.05) is 0 Å². The van der Waals surface area contributed by atoms with Crippen LogP contribution >= 0.6 is 15.9 Å². The molecule has 2 aromatic carbocycles. The van der Waals surface area contributed by atoms with Gasteiger partial charge in [-0.05, 0) is 34.1 Å². The second-order valence-corrected chi connectivity index (χ2v) is 4.31. The fourth-order valence-electron chi connectivity index (χ4n) is 1.34. The quantitative estimate of drug-likeness (QED) is 0.820. The average molecular weight is 299 g/mol. The Labute approximate surface area is 106 Å². The number of hydrogen-bond donors (Lipinski definition) is 0. The Morgan fingerprint density at radius 1 is 1.00 bits per heavy atom. The van der Waals surface area contributed by atoms with Gasteiger partial charge in [0.05, 0.1) is 4.47 Å². The molecule has 0 aliphatic carbocycles. The zero-order chi connectivity index (χ0) is 12.3. The van der Waals surface area contributed by atoms with Gasteiger partial charge in [-0.25, -0.2) is 8.78 Å². The maximum atomic E-state index is 13.3. The van der Waals surface area contributed by atoms with Gasteiger partial charge < -0.3 is 4.74 Å². The lowest BCUT2D eigenvalue weighted by molar-refractivity contribution is 0.298. The molecule has 0 bridgehead atoms. The fourth-order valence-corrected chi connectivity index (χ4v) is 1.59. The lowest BCUT2D eigenvalue weighted by atomic mass is 10.2. The van der Waals surface area contributed by atoms with E-state index in [1.807, 2.05) is 0 Å². The molecule has 88 valence electrons. The number of ether oxygens (including phenoxy) is 1. The van der Waals surface area contributed by atoms with E-state index < -0.39 is 5.82 Å². The molecule has 4 heteroatoms. The van der Waals surface area contributed by atoms with Crippen molar-refractivity contribution >= 4 is 15.9 Å². The summed E-state index contributed by atoms with van der Waals surface area (Å²) in [5.41, 5.74) is 0.441. The predicted octanol–water partition coefficient (Wildman–Crippen LogP) is 4.31. The highest BCUT2D eigenvalue weighted by molar-refractivity contribution is 9.10. The van der Waals surface area contributed by atoms with Crippen molar-refractivity contribution in [3.63, 3.8) is 0 Å². The standard InChI is InChI=1S/C13H9BrF2O/c14-11-6-5-10(7-13(11)16)17-8-9-3-1-2-4-12(9)15/h1-7H,8H2. The number of halogens is 3. The van der Waals surface area contributed by atoms with Gasteiger partial charge in [-0.2, -0.15) is 0 Å². The number of benzene rings is 2. The summed E-state index contributed by atoms with van der Waals surface area (Å²) in [6.45, 7) is 0.0771. The van der Waals surface area contributed by atoms with Gasteiger partial charge in [0, 0.05) is 11.6 Å². The van der Waals surface area contributed by atoms with Crippen LogP contribution in [0.4, 0.5) is 8.78 Å². The van der Waals surface area contributed by atoms with E-state index in [-0.39, 0.29) is 12.4 Å². The van der Waals surface area contributed by atoms with Crippen LogP contribution < -0.4 is 4.74 Å². The Morgan fingerprint density at radius 3 is 2.47 bits per heavy atom. The van der Waals surface area contributed by atoms with E-state index >= 15 is 0 Å². The third-order valence-electron chi connectivity index (χ3n) is 2.24. The Bertz CT molecular complexity index is 529. The third-order valence-corrected chi connectivity index (χ3v) is 2.89. The molecule has 1 nitrogen and oxygen atoms in total. The first-order valence-corrected chi connectivity index (χ1v) is 5.77. The van der Waals surface area contributed by atoms with Gasteiger partial charge in [-0.3, -0.25) is 0 Å². The molecule has 0 amide bonds. The molecule has 0 aliphatic rings. The van der Waals surface area contributed by atoms with Crippen LogP contribution in [0.1, 0.15) is 5.56 Å². The Hall–Kier alpha value is -1.42. The molecule has 0 radical (unpaired) electrons. The van der Waals surface area contributed by atoms with Crippen molar-refractivity contribution in [2.24, 2.45) is 0 Å². The minimum atomic E-state index is -0.406. The normalized spacial score (nSPS) is 10.3. The predicted molar refractivity (Wildman–Crippen MR) is 64.8 cm³/mol. The highest BCUT2D eigenvalue weighted by atomic mass is 79.9. The van der Waals surface area contributed by atoms with Crippen LogP contribution in [0, 0.1) is 11.6 Å². The van der Waals surface area contributed by atoms with Crippen LogP contribution in [0.3, 0.4) is 0 Å². The molecule has 0 aliphatic heterocycles. The maximum absolute atomic E-state index is 13.3. The summed E-state index contributed by atoms with van der Waals surface area (Å²) >= 11 is 3.05. The second-order valence-electron chi connectivity index (χ2n) is 3.46. The van der Waals surface area contributed by atoms with Crippen molar-refractivity contribution in [1.82, 2.24) is 0 Å². The Kier molecular flexibility index (Phi) is 3.74. The second kappa shape index (κ2) is 5.27. The van der Waals surface area contributed by atoms with E-state index in [0.717, 1.165) is 0 Å². The van der Waals surface area contributed by atoms with Crippen LogP contribution in [0.5, 0.6) is 5.75 Å². The van der Waals surface area contributed by atoms with Gasteiger partial charge in [-0.15, -0.1) is 0 Å². The average Bonchev–Trinajstić information content (AvgIpc) is 2.32. The highest BCUT2D eigenvalue weighted by Crippen LogP contribution is 2.21. The summed E-state index contributed by atoms with van der Waals surface area (Å²) < 4.78 is 32.1. The van der Waals surface area contributed by atoms with Gasteiger partial charge in [0.2, 0.25) is 0 Å². The van der Waals surface area contributed by atoms with Crippen LogP contribution in [0.2, 0.25) is 0 Å². The first-order valence-electron chi connectivity index (χ1n) is 4.98. The molecule has 17 heavy (non-hydrogen) atoms. The number of rotatable bonds is 3. The van der Waals surface area contributed by atoms with Crippen LogP contribution in [-0.2, 0) is 6.61 Å². The van der Waals surface area contributed by atoms with E-state index in [9.17, 15) is 8.78 Å². The summed E-state index contributed by atoms with van der Waals surface area (Å²) in [5, 5.41) is 0. The molecule has 0 spiro atoms. The van der Waals surface area contributed by atoms with Crippen molar-refractivity contribution in [1.29, 1.82) is 0 Å². The largest absolute Gasteiger partial charge is 0.489 e. The van der Waals surface area contributed by atoms with Gasteiger partial charge in [0.15, 0.2) is 0 Å². The minimum absolute atomic E-state index is 0.0771. The maximum Gasteiger partial charge on any atom is 0.141 e. The summed E-state index contributed by atoms with van der Waals surface area (Å²) in [6.07, 6.45) is 0. The molecule has 0 saturated heterocycles. The van der Waals surface area contributed by atoms with E-state index in [4.69, 9.17) is 4.74 Å². The molecule has 2 rings (SSSR count). The van der Waals surface area contributed by atoms with Crippen LogP contribution in [0.25, 0.3) is 0 Å².